The monoisotopic (exact) mass is 211 g/mol. The average Bonchev–Trinajstić information content (AvgIpc) is 2.30. The molecule has 2 atom stereocenters. The molecule has 0 aromatic rings. The molecule has 1 N–H and O–H groups in total. The van der Waals surface area contributed by atoms with Crippen molar-refractivity contribution in [3.05, 3.63) is 0 Å². The first-order valence-electron chi connectivity index (χ1n) is 5.95. The quantitative estimate of drug-likeness (QED) is 0.648. The van der Waals surface area contributed by atoms with Gasteiger partial charge in [-0.3, -0.25) is 4.79 Å². The van der Waals surface area contributed by atoms with Crippen LogP contribution in [0.25, 0.3) is 0 Å². The van der Waals surface area contributed by atoms with Gasteiger partial charge in [-0.2, -0.15) is 0 Å². The number of piperidine rings is 1. The summed E-state index contributed by atoms with van der Waals surface area (Å²) in [5, 5.41) is 3.39. The van der Waals surface area contributed by atoms with Crippen molar-refractivity contribution < 1.29 is 4.79 Å². The van der Waals surface area contributed by atoms with E-state index in [-0.39, 0.29) is 0 Å². The molecule has 0 bridgehead atoms. The summed E-state index contributed by atoms with van der Waals surface area (Å²) >= 11 is 0. The first-order chi connectivity index (χ1) is 7.33. The lowest BCUT2D eigenvalue weighted by Crippen LogP contribution is -2.60. The number of hydrogen-bond acceptors (Lipinski definition) is 3. The number of likely N-dealkylation sites (N-methyl/N-ethyl adjacent to an activating group) is 1. The summed E-state index contributed by atoms with van der Waals surface area (Å²) in [5.74, 6) is 0. The lowest BCUT2D eigenvalue weighted by atomic mass is 9.94. The van der Waals surface area contributed by atoms with Crippen molar-refractivity contribution in [2.75, 3.05) is 33.2 Å². The third-order valence-corrected chi connectivity index (χ3v) is 3.73. The number of likely N-dealkylation sites (tertiary alicyclic amines) is 1. The van der Waals surface area contributed by atoms with E-state index in [0.717, 1.165) is 26.0 Å². The van der Waals surface area contributed by atoms with Crippen molar-refractivity contribution in [1.82, 2.24) is 15.1 Å². The molecule has 2 fully saturated rings. The second-order valence-electron chi connectivity index (χ2n) is 4.66. The number of amides is 1. The van der Waals surface area contributed by atoms with Gasteiger partial charge in [0.1, 0.15) is 0 Å². The maximum atomic E-state index is 11.0. The van der Waals surface area contributed by atoms with Crippen LogP contribution in [0.4, 0.5) is 0 Å². The molecule has 0 aromatic heterocycles. The van der Waals surface area contributed by atoms with Crippen LogP contribution in [0.1, 0.15) is 19.3 Å². The smallest absolute Gasteiger partial charge is 0.210 e. The van der Waals surface area contributed by atoms with E-state index in [4.69, 9.17) is 0 Å². The summed E-state index contributed by atoms with van der Waals surface area (Å²) in [6.07, 6.45) is 4.85. The van der Waals surface area contributed by atoms with E-state index < -0.39 is 0 Å². The Kier molecular flexibility index (Phi) is 3.59. The molecule has 0 aliphatic carbocycles. The van der Waals surface area contributed by atoms with Gasteiger partial charge >= 0.3 is 0 Å². The van der Waals surface area contributed by atoms with Gasteiger partial charge in [0, 0.05) is 25.7 Å². The summed E-state index contributed by atoms with van der Waals surface area (Å²) < 4.78 is 0. The Hall–Kier alpha value is -0.610. The lowest BCUT2D eigenvalue weighted by Gasteiger charge is -2.44. The van der Waals surface area contributed by atoms with Gasteiger partial charge in [0.15, 0.2) is 0 Å². The molecule has 0 saturated carbocycles. The fourth-order valence-corrected chi connectivity index (χ4v) is 2.82. The van der Waals surface area contributed by atoms with Crippen LogP contribution in [0.2, 0.25) is 0 Å². The van der Waals surface area contributed by atoms with Crippen molar-refractivity contribution in [1.29, 1.82) is 0 Å². The maximum Gasteiger partial charge on any atom is 0.210 e. The van der Waals surface area contributed by atoms with Gasteiger partial charge in [-0.1, -0.05) is 6.42 Å². The van der Waals surface area contributed by atoms with Gasteiger partial charge in [0.2, 0.25) is 6.41 Å². The molecule has 2 heterocycles. The molecular weight excluding hydrogens is 190 g/mol. The van der Waals surface area contributed by atoms with Gasteiger partial charge in [0.25, 0.3) is 0 Å². The lowest BCUT2D eigenvalue weighted by molar-refractivity contribution is -0.122. The van der Waals surface area contributed by atoms with Crippen LogP contribution in [0.15, 0.2) is 0 Å². The molecule has 0 spiro atoms. The summed E-state index contributed by atoms with van der Waals surface area (Å²) in [7, 11) is 2.18. The zero-order valence-electron chi connectivity index (χ0n) is 9.48. The average molecular weight is 211 g/mol. The van der Waals surface area contributed by atoms with Crippen LogP contribution in [0.3, 0.4) is 0 Å². The van der Waals surface area contributed by atoms with Crippen LogP contribution < -0.4 is 5.32 Å². The minimum absolute atomic E-state index is 0.376. The molecule has 15 heavy (non-hydrogen) atoms. The first-order valence-corrected chi connectivity index (χ1v) is 5.95. The zero-order chi connectivity index (χ0) is 10.7. The molecule has 2 aliphatic rings. The second-order valence-corrected chi connectivity index (χ2v) is 4.66. The second kappa shape index (κ2) is 4.94. The molecule has 2 saturated heterocycles. The molecule has 4 nitrogen and oxygen atoms in total. The Morgan fingerprint density at radius 2 is 2.13 bits per heavy atom. The Labute approximate surface area is 91.6 Å². The van der Waals surface area contributed by atoms with Crippen LogP contribution in [-0.4, -0.2) is 61.5 Å². The molecule has 1 amide bonds. The fourth-order valence-electron chi connectivity index (χ4n) is 2.82. The highest BCUT2D eigenvalue weighted by molar-refractivity contribution is 5.48. The van der Waals surface area contributed by atoms with Crippen molar-refractivity contribution >= 4 is 6.41 Å². The van der Waals surface area contributed by atoms with Gasteiger partial charge in [0.05, 0.1) is 6.04 Å². The summed E-state index contributed by atoms with van der Waals surface area (Å²) in [4.78, 5) is 15.4. The number of carbonyl (C=O) groups excluding carboxylic acids is 1. The highest BCUT2D eigenvalue weighted by Gasteiger charge is 2.32. The minimum Gasteiger partial charge on any atom is -0.338 e. The molecule has 2 rings (SSSR count). The Morgan fingerprint density at radius 1 is 1.27 bits per heavy atom. The van der Waals surface area contributed by atoms with E-state index in [2.05, 4.69) is 17.3 Å². The van der Waals surface area contributed by atoms with Crippen LogP contribution >= 0.6 is 0 Å². The van der Waals surface area contributed by atoms with Crippen molar-refractivity contribution in [2.24, 2.45) is 0 Å². The molecular formula is C11H21N3O. The Bertz CT molecular complexity index is 222. The summed E-state index contributed by atoms with van der Waals surface area (Å²) in [6, 6.07) is 0.929. The largest absolute Gasteiger partial charge is 0.338 e. The Morgan fingerprint density at radius 3 is 2.87 bits per heavy atom. The molecule has 0 radical (unpaired) electrons. The van der Waals surface area contributed by atoms with E-state index in [9.17, 15) is 4.79 Å². The van der Waals surface area contributed by atoms with E-state index in [1.165, 1.54) is 25.8 Å². The van der Waals surface area contributed by atoms with Gasteiger partial charge in [-0.25, -0.2) is 0 Å². The normalized spacial score (nSPS) is 34.1. The van der Waals surface area contributed by atoms with Gasteiger partial charge in [-0.15, -0.1) is 0 Å². The zero-order valence-corrected chi connectivity index (χ0v) is 9.48. The van der Waals surface area contributed by atoms with Crippen LogP contribution in [0.5, 0.6) is 0 Å². The highest BCUT2D eigenvalue weighted by Crippen LogP contribution is 2.21. The van der Waals surface area contributed by atoms with E-state index in [1.54, 1.807) is 0 Å². The predicted molar refractivity (Wildman–Crippen MR) is 59.7 cm³/mol. The number of nitrogens with zero attached hydrogens (tertiary/aromatic N) is 2. The highest BCUT2D eigenvalue weighted by atomic mass is 16.1. The summed E-state index contributed by atoms with van der Waals surface area (Å²) in [5.41, 5.74) is 0. The third kappa shape index (κ3) is 2.32. The van der Waals surface area contributed by atoms with Gasteiger partial charge < -0.3 is 15.1 Å². The van der Waals surface area contributed by atoms with Gasteiger partial charge in [-0.05, 0) is 26.4 Å². The molecule has 86 valence electrons. The van der Waals surface area contributed by atoms with Crippen molar-refractivity contribution in [2.45, 2.75) is 31.3 Å². The molecule has 0 aromatic carbocycles. The molecule has 2 unspecified atom stereocenters. The number of rotatable bonds is 2. The van der Waals surface area contributed by atoms with Crippen LogP contribution in [0, 0.1) is 0 Å². The fraction of sp³-hybridized carbons (Fsp3) is 0.909. The summed E-state index contributed by atoms with van der Waals surface area (Å²) in [6.45, 7) is 3.92. The van der Waals surface area contributed by atoms with Crippen LogP contribution in [-0.2, 0) is 4.79 Å². The third-order valence-electron chi connectivity index (χ3n) is 3.73. The number of piperazine rings is 1. The van der Waals surface area contributed by atoms with E-state index in [0.29, 0.717) is 12.1 Å². The molecule has 2 aliphatic heterocycles. The number of carbonyl (C=O) groups is 1. The number of nitrogens with one attached hydrogen (secondary N) is 1. The predicted octanol–water partition coefficient (Wildman–Crippen LogP) is -0.0991. The number of hydrogen-bond donors (Lipinski definition) is 1. The SMILES string of the molecule is CN1CCCCC1C1CNCCN1C=O. The van der Waals surface area contributed by atoms with Crippen molar-refractivity contribution in [3.8, 4) is 0 Å². The Balaban J connectivity index is 2.02. The topological polar surface area (TPSA) is 35.6 Å². The van der Waals surface area contributed by atoms with Crippen molar-refractivity contribution in [3.63, 3.8) is 0 Å². The maximum absolute atomic E-state index is 11.0. The van der Waals surface area contributed by atoms with E-state index >= 15 is 0 Å². The standard InChI is InChI=1S/C11H21N3O/c1-13-6-3-2-4-10(13)11-8-12-5-7-14(11)9-15/h9-12H,2-8H2,1H3. The first kappa shape index (κ1) is 10.9. The minimum atomic E-state index is 0.376. The molecule has 4 heteroatoms. The van der Waals surface area contributed by atoms with E-state index in [1.807, 2.05) is 4.90 Å².